The number of piperidine rings is 1. The quantitative estimate of drug-likeness (QED) is 0.768. The lowest BCUT2D eigenvalue weighted by Crippen LogP contribution is -2.47. The highest BCUT2D eigenvalue weighted by atomic mass is 15.1. The Morgan fingerprint density at radius 2 is 2.21 bits per heavy atom. The molecule has 0 bridgehead atoms. The molecular formula is C16H31N3. The SMILES string of the molecule is CCC(C#N)(CCCN1CCCC(C)C1)NC(C)C. The molecule has 3 nitrogen and oxygen atoms in total. The van der Waals surface area contributed by atoms with Crippen molar-refractivity contribution in [2.24, 2.45) is 5.92 Å². The maximum absolute atomic E-state index is 9.48. The molecule has 110 valence electrons. The Bertz CT molecular complexity index is 295. The van der Waals surface area contributed by atoms with Gasteiger partial charge in [0.15, 0.2) is 0 Å². The van der Waals surface area contributed by atoms with Gasteiger partial charge < -0.3 is 4.90 Å². The van der Waals surface area contributed by atoms with Crippen molar-refractivity contribution in [3.05, 3.63) is 0 Å². The predicted octanol–water partition coefficient (Wildman–Crippen LogP) is 3.17. The third-order valence-corrected chi connectivity index (χ3v) is 4.20. The molecule has 1 heterocycles. The Morgan fingerprint density at radius 3 is 2.74 bits per heavy atom. The van der Waals surface area contributed by atoms with E-state index in [0.29, 0.717) is 6.04 Å². The Balaban J connectivity index is 2.38. The van der Waals surface area contributed by atoms with Crippen LogP contribution in [0.5, 0.6) is 0 Å². The summed E-state index contributed by atoms with van der Waals surface area (Å²) in [5, 5.41) is 12.9. The highest BCUT2D eigenvalue weighted by molar-refractivity contribution is 5.06. The van der Waals surface area contributed by atoms with Gasteiger partial charge in [-0.1, -0.05) is 13.8 Å². The van der Waals surface area contributed by atoms with Crippen LogP contribution in [0.3, 0.4) is 0 Å². The van der Waals surface area contributed by atoms with Gasteiger partial charge in [0.05, 0.1) is 6.07 Å². The number of nitrogens with one attached hydrogen (secondary N) is 1. The van der Waals surface area contributed by atoms with E-state index in [-0.39, 0.29) is 5.54 Å². The first-order chi connectivity index (χ1) is 9.01. The zero-order chi connectivity index (χ0) is 14.3. The van der Waals surface area contributed by atoms with E-state index in [1.807, 2.05) is 0 Å². The van der Waals surface area contributed by atoms with Crippen LogP contribution in [0.15, 0.2) is 0 Å². The molecule has 0 aromatic carbocycles. The molecule has 1 aliphatic heterocycles. The van der Waals surface area contributed by atoms with Crippen LogP contribution in [0.2, 0.25) is 0 Å². The van der Waals surface area contributed by atoms with Crippen LogP contribution in [-0.2, 0) is 0 Å². The molecule has 0 spiro atoms. The molecule has 0 amide bonds. The van der Waals surface area contributed by atoms with Gasteiger partial charge in [0, 0.05) is 12.6 Å². The first kappa shape index (κ1) is 16.5. The highest BCUT2D eigenvalue weighted by Gasteiger charge is 2.28. The molecule has 2 unspecified atom stereocenters. The summed E-state index contributed by atoms with van der Waals surface area (Å²) in [6, 6.07) is 2.88. The lowest BCUT2D eigenvalue weighted by Gasteiger charge is -2.33. The molecule has 1 rings (SSSR count). The summed E-state index contributed by atoms with van der Waals surface area (Å²) < 4.78 is 0. The second-order valence-electron chi connectivity index (χ2n) is 6.50. The second kappa shape index (κ2) is 7.87. The van der Waals surface area contributed by atoms with Gasteiger partial charge in [0.25, 0.3) is 0 Å². The number of hydrogen-bond donors (Lipinski definition) is 1. The number of likely N-dealkylation sites (tertiary alicyclic amines) is 1. The van der Waals surface area contributed by atoms with Crippen molar-refractivity contribution in [1.29, 1.82) is 5.26 Å². The Labute approximate surface area is 119 Å². The zero-order valence-corrected chi connectivity index (χ0v) is 13.2. The molecule has 1 aliphatic rings. The first-order valence-electron chi connectivity index (χ1n) is 7.92. The van der Waals surface area contributed by atoms with E-state index in [2.05, 4.69) is 44.0 Å². The summed E-state index contributed by atoms with van der Waals surface area (Å²) in [5.74, 6) is 0.842. The van der Waals surface area contributed by atoms with Crippen LogP contribution >= 0.6 is 0 Å². The van der Waals surface area contributed by atoms with Gasteiger partial charge in [-0.25, -0.2) is 0 Å². The molecule has 0 saturated carbocycles. The Hall–Kier alpha value is -0.590. The van der Waals surface area contributed by atoms with E-state index < -0.39 is 0 Å². The average molecular weight is 265 g/mol. The fraction of sp³-hybridized carbons (Fsp3) is 0.938. The minimum Gasteiger partial charge on any atom is -0.303 e. The molecule has 0 aliphatic carbocycles. The van der Waals surface area contributed by atoms with Crippen LogP contribution < -0.4 is 5.32 Å². The van der Waals surface area contributed by atoms with Crippen LogP contribution in [-0.4, -0.2) is 36.1 Å². The molecule has 1 N–H and O–H groups in total. The topological polar surface area (TPSA) is 39.1 Å². The van der Waals surface area contributed by atoms with E-state index >= 15 is 0 Å². The third kappa shape index (κ3) is 5.50. The third-order valence-electron chi connectivity index (χ3n) is 4.20. The summed E-state index contributed by atoms with van der Waals surface area (Å²) in [7, 11) is 0. The monoisotopic (exact) mass is 265 g/mol. The van der Waals surface area contributed by atoms with Crippen LogP contribution in [0.1, 0.15) is 59.8 Å². The fourth-order valence-corrected chi connectivity index (χ4v) is 3.17. The summed E-state index contributed by atoms with van der Waals surface area (Å²) in [5.41, 5.74) is -0.324. The van der Waals surface area contributed by atoms with Crippen molar-refractivity contribution in [2.45, 2.75) is 71.4 Å². The summed E-state index contributed by atoms with van der Waals surface area (Å²) in [4.78, 5) is 2.57. The molecule has 0 radical (unpaired) electrons. The van der Waals surface area contributed by atoms with Gasteiger partial charge in [-0.2, -0.15) is 5.26 Å². The lowest BCUT2D eigenvalue weighted by atomic mass is 9.90. The largest absolute Gasteiger partial charge is 0.303 e. The maximum Gasteiger partial charge on any atom is 0.106 e. The molecule has 1 fully saturated rings. The second-order valence-corrected chi connectivity index (χ2v) is 6.50. The number of rotatable bonds is 7. The maximum atomic E-state index is 9.48. The van der Waals surface area contributed by atoms with Crippen LogP contribution in [0, 0.1) is 17.2 Å². The average Bonchev–Trinajstić information content (AvgIpc) is 2.37. The minimum atomic E-state index is -0.324. The number of nitrogens with zero attached hydrogens (tertiary/aromatic N) is 2. The minimum absolute atomic E-state index is 0.324. The lowest BCUT2D eigenvalue weighted by molar-refractivity contribution is 0.175. The standard InChI is InChI=1S/C16H31N3/c1-5-16(13-17,18-14(2)3)9-7-11-19-10-6-8-15(4)12-19/h14-15,18H,5-12H2,1-4H3. The molecular weight excluding hydrogens is 234 g/mol. The van der Waals surface area contributed by atoms with Gasteiger partial charge in [0.2, 0.25) is 0 Å². The molecule has 2 atom stereocenters. The summed E-state index contributed by atoms with van der Waals surface area (Å²) in [6.45, 7) is 12.3. The molecule has 1 saturated heterocycles. The van der Waals surface area contributed by atoms with Crippen molar-refractivity contribution in [2.75, 3.05) is 19.6 Å². The number of nitriles is 1. The van der Waals surface area contributed by atoms with Crippen LogP contribution in [0.25, 0.3) is 0 Å². The Kier molecular flexibility index (Phi) is 6.82. The highest BCUT2D eigenvalue weighted by Crippen LogP contribution is 2.20. The van der Waals surface area contributed by atoms with Crippen molar-refractivity contribution in [1.82, 2.24) is 10.2 Å². The summed E-state index contributed by atoms with van der Waals surface area (Å²) in [6.07, 6.45) is 5.68. The van der Waals surface area contributed by atoms with E-state index in [1.165, 1.54) is 25.9 Å². The van der Waals surface area contributed by atoms with Gasteiger partial charge in [-0.3, -0.25) is 5.32 Å². The van der Waals surface area contributed by atoms with E-state index in [1.54, 1.807) is 0 Å². The molecule has 0 aromatic heterocycles. The number of hydrogen-bond acceptors (Lipinski definition) is 3. The Morgan fingerprint density at radius 1 is 1.47 bits per heavy atom. The van der Waals surface area contributed by atoms with E-state index in [4.69, 9.17) is 0 Å². The zero-order valence-electron chi connectivity index (χ0n) is 13.2. The molecule has 0 aromatic rings. The van der Waals surface area contributed by atoms with Crippen molar-refractivity contribution >= 4 is 0 Å². The molecule has 3 heteroatoms. The fourth-order valence-electron chi connectivity index (χ4n) is 3.17. The van der Waals surface area contributed by atoms with E-state index in [0.717, 1.165) is 31.7 Å². The van der Waals surface area contributed by atoms with Crippen molar-refractivity contribution in [3.8, 4) is 6.07 Å². The van der Waals surface area contributed by atoms with Gasteiger partial charge >= 0.3 is 0 Å². The van der Waals surface area contributed by atoms with E-state index in [9.17, 15) is 5.26 Å². The van der Waals surface area contributed by atoms with Crippen molar-refractivity contribution in [3.63, 3.8) is 0 Å². The first-order valence-corrected chi connectivity index (χ1v) is 7.92. The smallest absolute Gasteiger partial charge is 0.106 e. The van der Waals surface area contributed by atoms with Gasteiger partial charge in [-0.05, 0) is 65.0 Å². The van der Waals surface area contributed by atoms with Gasteiger partial charge in [0.1, 0.15) is 5.54 Å². The van der Waals surface area contributed by atoms with Gasteiger partial charge in [-0.15, -0.1) is 0 Å². The normalized spacial score (nSPS) is 24.1. The molecule has 19 heavy (non-hydrogen) atoms. The predicted molar refractivity (Wildman–Crippen MR) is 81.0 cm³/mol. The summed E-state index contributed by atoms with van der Waals surface area (Å²) >= 11 is 0. The van der Waals surface area contributed by atoms with Crippen molar-refractivity contribution < 1.29 is 0 Å². The van der Waals surface area contributed by atoms with Crippen LogP contribution in [0.4, 0.5) is 0 Å².